The topological polar surface area (TPSA) is 55.4 Å². The molecule has 5 heteroatoms. The van der Waals surface area contributed by atoms with Crippen LogP contribution in [-0.2, 0) is 14.6 Å². The summed E-state index contributed by atoms with van der Waals surface area (Å²) in [6.07, 6.45) is 0.576. The Labute approximate surface area is 116 Å². The number of nitrogens with one attached hydrogen (secondary N) is 1. The molecule has 1 aromatic carbocycles. The molecule has 0 spiro atoms. The summed E-state index contributed by atoms with van der Waals surface area (Å²) < 4.78 is 29.6. The summed E-state index contributed by atoms with van der Waals surface area (Å²) in [7, 11) is 0.133. The van der Waals surface area contributed by atoms with Gasteiger partial charge in [0, 0.05) is 13.2 Å². The highest BCUT2D eigenvalue weighted by molar-refractivity contribution is 7.92. The summed E-state index contributed by atoms with van der Waals surface area (Å²) in [5, 5.41) is 2.70. The molecule has 0 saturated heterocycles. The second kappa shape index (κ2) is 7.62. The van der Waals surface area contributed by atoms with E-state index in [9.17, 15) is 8.42 Å². The minimum atomic E-state index is -3.18. The lowest BCUT2D eigenvalue weighted by Crippen LogP contribution is -2.37. The predicted octanol–water partition coefficient (Wildman–Crippen LogP) is 1.79. The number of methoxy groups -OCH3 is 1. The number of sulfone groups is 1. The summed E-state index contributed by atoms with van der Waals surface area (Å²) in [5.41, 5.74) is 0.998. The van der Waals surface area contributed by atoms with Crippen LogP contribution in [0, 0.1) is 0 Å². The molecule has 2 atom stereocenters. The minimum absolute atomic E-state index is 0.0625. The maximum absolute atomic E-state index is 12.4. The fraction of sp³-hybridized carbons (Fsp3) is 0.571. The third kappa shape index (κ3) is 4.30. The van der Waals surface area contributed by atoms with Crippen LogP contribution in [0.3, 0.4) is 0 Å². The highest BCUT2D eigenvalue weighted by atomic mass is 32.2. The number of rotatable bonds is 8. The third-order valence-electron chi connectivity index (χ3n) is 3.28. The van der Waals surface area contributed by atoms with Gasteiger partial charge in [0.1, 0.15) is 0 Å². The van der Waals surface area contributed by atoms with E-state index in [0.29, 0.717) is 6.42 Å². The van der Waals surface area contributed by atoms with Gasteiger partial charge in [-0.25, -0.2) is 8.42 Å². The molecule has 1 rings (SSSR count). The zero-order chi connectivity index (χ0) is 14.3. The Morgan fingerprint density at radius 1 is 1.26 bits per heavy atom. The molecule has 0 aromatic heterocycles. The molecule has 0 aliphatic rings. The molecule has 0 amide bonds. The fourth-order valence-corrected chi connectivity index (χ4v) is 4.19. The third-order valence-corrected chi connectivity index (χ3v) is 5.54. The van der Waals surface area contributed by atoms with Gasteiger partial charge in [-0.05, 0) is 19.0 Å². The molecule has 0 heterocycles. The molecule has 4 nitrogen and oxygen atoms in total. The summed E-state index contributed by atoms with van der Waals surface area (Å²) >= 11 is 0. The lowest BCUT2D eigenvalue weighted by molar-refractivity contribution is 0.216. The van der Waals surface area contributed by atoms with E-state index < -0.39 is 15.1 Å². The van der Waals surface area contributed by atoms with Gasteiger partial charge in [-0.3, -0.25) is 0 Å². The van der Waals surface area contributed by atoms with E-state index in [0.717, 1.165) is 5.56 Å². The van der Waals surface area contributed by atoms with Gasteiger partial charge in [-0.15, -0.1) is 0 Å². The summed E-state index contributed by atoms with van der Waals surface area (Å²) in [6.45, 7) is 2.15. The summed E-state index contributed by atoms with van der Waals surface area (Å²) in [6, 6.07) is 9.50. The molecule has 0 fully saturated rings. The Kier molecular flexibility index (Phi) is 6.48. The first-order chi connectivity index (χ1) is 9.06. The van der Waals surface area contributed by atoms with Gasteiger partial charge in [0.15, 0.2) is 9.84 Å². The first kappa shape index (κ1) is 16.1. The van der Waals surface area contributed by atoms with Gasteiger partial charge in [0.2, 0.25) is 0 Å². The normalized spacial score (nSPS) is 15.1. The predicted molar refractivity (Wildman–Crippen MR) is 78.0 cm³/mol. The molecule has 0 bridgehead atoms. The van der Waals surface area contributed by atoms with E-state index in [1.165, 1.54) is 7.11 Å². The number of hydrogen-bond donors (Lipinski definition) is 1. The van der Waals surface area contributed by atoms with E-state index in [4.69, 9.17) is 4.74 Å². The smallest absolute Gasteiger partial charge is 0.157 e. The van der Waals surface area contributed by atoms with Gasteiger partial charge in [-0.2, -0.15) is 0 Å². The Morgan fingerprint density at radius 3 is 2.37 bits per heavy atom. The monoisotopic (exact) mass is 285 g/mol. The molecular weight excluding hydrogens is 262 g/mol. The second-order valence-corrected chi connectivity index (χ2v) is 6.82. The molecular formula is C14H23NO3S. The molecule has 0 aliphatic carbocycles. The Morgan fingerprint density at radius 2 is 1.89 bits per heavy atom. The average Bonchev–Trinajstić information content (AvgIpc) is 2.43. The van der Waals surface area contributed by atoms with Crippen molar-refractivity contribution in [1.29, 1.82) is 0 Å². The largest absolute Gasteiger partial charge is 0.384 e. The molecule has 0 saturated carbocycles. The van der Waals surface area contributed by atoms with Gasteiger partial charge >= 0.3 is 0 Å². The molecule has 108 valence electrons. The van der Waals surface area contributed by atoms with E-state index in [1.54, 1.807) is 7.05 Å². The van der Waals surface area contributed by atoms with E-state index in [2.05, 4.69) is 5.32 Å². The number of ether oxygens (including phenoxy) is 1. The highest BCUT2D eigenvalue weighted by Crippen LogP contribution is 2.25. The van der Waals surface area contributed by atoms with Crippen LogP contribution in [0.15, 0.2) is 30.3 Å². The zero-order valence-corrected chi connectivity index (χ0v) is 12.6. The lowest BCUT2D eigenvalue weighted by Gasteiger charge is -2.26. The maximum Gasteiger partial charge on any atom is 0.157 e. The Hall–Kier alpha value is -0.910. The van der Waals surface area contributed by atoms with Crippen molar-refractivity contribution in [3.8, 4) is 0 Å². The first-order valence-electron chi connectivity index (χ1n) is 6.49. The van der Waals surface area contributed by atoms with Crippen molar-refractivity contribution in [2.45, 2.75) is 24.6 Å². The maximum atomic E-state index is 12.4. The summed E-state index contributed by atoms with van der Waals surface area (Å²) in [5.74, 6) is 0.0625. The number of benzene rings is 1. The van der Waals surface area contributed by atoms with Crippen LogP contribution in [0.1, 0.15) is 24.9 Å². The van der Waals surface area contributed by atoms with Crippen LogP contribution in [0.2, 0.25) is 0 Å². The van der Waals surface area contributed by atoms with Crippen molar-refractivity contribution in [2.24, 2.45) is 0 Å². The molecule has 2 unspecified atom stereocenters. The van der Waals surface area contributed by atoms with Gasteiger partial charge < -0.3 is 10.1 Å². The van der Waals surface area contributed by atoms with Crippen molar-refractivity contribution in [3.05, 3.63) is 35.9 Å². The fourth-order valence-electron chi connectivity index (χ4n) is 2.28. The van der Waals surface area contributed by atoms with Crippen molar-refractivity contribution >= 4 is 9.84 Å². The Bertz CT molecular complexity index is 459. The van der Waals surface area contributed by atoms with Crippen molar-refractivity contribution in [1.82, 2.24) is 5.32 Å². The van der Waals surface area contributed by atoms with Crippen molar-refractivity contribution < 1.29 is 13.2 Å². The van der Waals surface area contributed by atoms with Crippen LogP contribution >= 0.6 is 0 Å². The molecule has 19 heavy (non-hydrogen) atoms. The lowest BCUT2D eigenvalue weighted by atomic mass is 10.0. The van der Waals surface area contributed by atoms with Crippen LogP contribution in [0.4, 0.5) is 0 Å². The zero-order valence-electron chi connectivity index (χ0n) is 11.8. The first-order valence-corrected chi connectivity index (χ1v) is 8.21. The molecule has 1 N–H and O–H groups in total. The average molecular weight is 285 g/mol. The standard InChI is InChI=1S/C14H23NO3S/c1-4-13(19(16,17)11-10-18-3)14(15-2)12-8-6-5-7-9-12/h5-9,13-15H,4,10-11H2,1-3H3. The van der Waals surface area contributed by atoms with E-state index >= 15 is 0 Å². The van der Waals surface area contributed by atoms with Crippen LogP contribution < -0.4 is 5.32 Å². The van der Waals surface area contributed by atoms with Crippen molar-refractivity contribution in [3.63, 3.8) is 0 Å². The van der Waals surface area contributed by atoms with Crippen LogP contribution in [0.5, 0.6) is 0 Å². The second-order valence-electron chi connectivity index (χ2n) is 4.48. The van der Waals surface area contributed by atoms with Crippen molar-refractivity contribution in [2.75, 3.05) is 26.5 Å². The quantitative estimate of drug-likeness (QED) is 0.791. The van der Waals surface area contributed by atoms with Crippen LogP contribution in [0.25, 0.3) is 0 Å². The minimum Gasteiger partial charge on any atom is -0.384 e. The molecule has 1 aromatic rings. The van der Waals surface area contributed by atoms with E-state index in [1.807, 2.05) is 37.3 Å². The summed E-state index contributed by atoms with van der Waals surface area (Å²) in [4.78, 5) is 0. The number of hydrogen-bond acceptors (Lipinski definition) is 4. The molecule has 0 radical (unpaired) electrons. The van der Waals surface area contributed by atoms with Gasteiger partial charge in [-0.1, -0.05) is 37.3 Å². The van der Waals surface area contributed by atoms with Gasteiger partial charge in [0.05, 0.1) is 17.6 Å². The SMILES string of the molecule is CCC(C(NC)c1ccccc1)S(=O)(=O)CCOC. The highest BCUT2D eigenvalue weighted by Gasteiger charge is 2.31. The van der Waals surface area contributed by atoms with Gasteiger partial charge in [0.25, 0.3) is 0 Å². The molecule has 0 aliphatic heterocycles. The van der Waals surface area contributed by atoms with Crippen LogP contribution in [-0.4, -0.2) is 40.2 Å². The Balaban J connectivity index is 3.00. The van der Waals surface area contributed by atoms with E-state index in [-0.39, 0.29) is 18.4 Å².